The second kappa shape index (κ2) is 7.51. The smallest absolute Gasteiger partial charge is 0.0225 e. The van der Waals surface area contributed by atoms with Crippen LogP contribution in [0.25, 0.3) is 0 Å². The van der Waals surface area contributed by atoms with Gasteiger partial charge in [0.15, 0.2) is 0 Å². The maximum Gasteiger partial charge on any atom is 0.0225 e. The Balaban J connectivity index is 2.22. The van der Waals surface area contributed by atoms with Crippen LogP contribution in [0.15, 0.2) is 0 Å². The molecule has 0 amide bonds. The summed E-state index contributed by atoms with van der Waals surface area (Å²) in [6, 6.07) is 0.802. The number of hydrogen-bond acceptors (Lipinski definition) is 1. The molecule has 0 bridgehead atoms. The predicted octanol–water partition coefficient (Wildman–Crippen LogP) is 3.91. The number of likely N-dealkylation sites (tertiary alicyclic amines) is 1. The van der Waals surface area contributed by atoms with E-state index in [1.807, 2.05) is 0 Å². The van der Waals surface area contributed by atoms with E-state index in [4.69, 9.17) is 11.6 Å². The van der Waals surface area contributed by atoms with E-state index in [9.17, 15) is 0 Å². The van der Waals surface area contributed by atoms with Gasteiger partial charge in [0.25, 0.3) is 0 Å². The van der Waals surface area contributed by atoms with Crippen molar-refractivity contribution in [2.24, 2.45) is 5.92 Å². The molecule has 0 radical (unpaired) electrons. The molecular weight excluding hydrogens is 206 g/mol. The van der Waals surface area contributed by atoms with Crippen LogP contribution in [0.4, 0.5) is 0 Å². The molecule has 0 aromatic carbocycles. The standard InChI is InChI=1S/C13H26ClN/c1-12(7-9-14)8-11-15-10-5-3-4-6-13(15)2/h12-13H,3-11H2,1-2H3. The van der Waals surface area contributed by atoms with Gasteiger partial charge in [0.1, 0.15) is 0 Å². The average Bonchev–Trinajstić information content (AvgIpc) is 2.41. The van der Waals surface area contributed by atoms with Gasteiger partial charge < -0.3 is 4.90 Å². The van der Waals surface area contributed by atoms with Crippen molar-refractivity contribution in [1.82, 2.24) is 4.90 Å². The summed E-state index contributed by atoms with van der Waals surface area (Å²) in [6.45, 7) is 7.30. The van der Waals surface area contributed by atoms with E-state index in [1.165, 1.54) is 51.6 Å². The monoisotopic (exact) mass is 231 g/mol. The molecule has 0 spiro atoms. The first-order valence-corrected chi connectivity index (χ1v) is 7.07. The molecule has 1 fully saturated rings. The van der Waals surface area contributed by atoms with Gasteiger partial charge in [-0.3, -0.25) is 0 Å². The third-order valence-electron chi connectivity index (χ3n) is 3.70. The fourth-order valence-corrected chi connectivity index (χ4v) is 2.76. The largest absolute Gasteiger partial charge is 0.301 e. The molecule has 0 saturated carbocycles. The van der Waals surface area contributed by atoms with E-state index in [2.05, 4.69) is 18.7 Å². The second-order valence-electron chi connectivity index (χ2n) is 5.11. The van der Waals surface area contributed by atoms with Crippen molar-refractivity contribution in [3.05, 3.63) is 0 Å². The summed E-state index contributed by atoms with van der Waals surface area (Å²) in [6.07, 6.45) is 8.13. The summed E-state index contributed by atoms with van der Waals surface area (Å²) in [7, 11) is 0. The molecule has 0 N–H and O–H groups in total. The van der Waals surface area contributed by atoms with Gasteiger partial charge >= 0.3 is 0 Å². The zero-order chi connectivity index (χ0) is 11.1. The molecule has 1 heterocycles. The first-order chi connectivity index (χ1) is 7.24. The van der Waals surface area contributed by atoms with Gasteiger partial charge in [-0.05, 0) is 51.6 Å². The van der Waals surface area contributed by atoms with Crippen molar-refractivity contribution < 1.29 is 0 Å². The van der Waals surface area contributed by atoms with Crippen LogP contribution in [0.5, 0.6) is 0 Å². The lowest BCUT2D eigenvalue weighted by molar-refractivity contribution is 0.199. The third kappa shape index (κ3) is 5.21. The molecule has 90 valence electrons. The molecule has 0 aromatic heterocycles. The van der Waals surface area contributed by atoms with Crippen LogP contribution in [-0.2, 0) is 0 Å². The van der Waals surface area contributed by atoms with Gasteiger partial charge in [0, 0.05) is 11.9 Å². The van der Waals surface area contributed by atoms with E-state index in [1.54, 1.807) is 0 Å². The van der Waals surface area contributed by atoms with E-state index in [-0.39, 0.29) is 0 Å². The minimum absolute atomic E-state index is 0.790. The van der Waals surface area contributed by atoms with E-state index < -0.39 is 0 Å². The van der Waals surface area contributed by atoms with Gasteiger partial charge in [-0.2, -0.15) is 0 Å². The minimum atomic E-state index is 0.790. The maximum absolute atomic E-state index is 5.76. The lowest BCUT2D eigenvalue weighted by atomic mass is 10.0. The molecule has 2 heteroatoms. The molecule has 1 nitrogen and oxygen atoms in total. The Morgan fingerprint density at radius 1 is 1.27 bits per heavy atom. The average molecular weight is 232 g/mol. The first-order valence-electron chi connectivity index (χ1n) is 6.54. The van der Waals surface area contributed by atoms with Crippen molar-refractivity contribution in [2.45, 2.75) is 58.4 Å². The van der Waals surface area contributed by atoms with Gasteiger partial charge in [0.2, 0.25) is 0 Å². The topological polar surface area (TPSA) is 3.24 Å². The Hall–Kier alpha value is 0.250. The van der Waals surface area contributed by atoms with Crippen molar-refractivity contribution in [2.75, 3.05) is 19.0 Å². The summed E-state index contributed by atoms with van der Waals surface area (Å²) in [5.41, 5.74) is 0. The molecular formula is C13H26ClN. The number of alkyl halides is 1. The Morgan fingerprint density at radius 3 is 2.80 bits per heavy atom. The fraction of sp³-hybridized carbons (Fsp3) is 1.00. The highest BCUT2D eigenvalue weighted by Gasteiger charge is 2.16. The van der Waals surface area contributed by atoms with E-state index in [0.717, 1.165) is 17.8 Å². The van der Waals surface area contributed by atoms with Gasteiger partial charge in [0.05, 0.1) is 0 Å². The van der Waals surface area contributed by atoms with E-state index in [0.29, 0.717) is 0 Å². The van der Waals surface area contributed by atoms with Crippen molar-refractivity contribution in [3.63, 3.8) is 0 Å². The van der Waals surface area contributed by atoms with Crippen LogP contribution >= 0.6 is 11.6 Å². The lowest BCUT2D eigenvalue weighted by Gasteiger charge is -2.27. The van der Waals surface area contributed by atoms with Crippen LogP contribution in [-0.4, -0.2) is 29.9 Å². The number of hydrogen-bond donors (Lipinski definition) is 0. The van der Waals surface area contributed by atoms with Crippen LogP contribution in [0.3, 0.4) is 0 Å². The molecule has 2 unspecified atom stereocenters. The SMILES string of the molecule is CC(CCCl)CCN1CCCCCC1C. The van der Waals surface area contributed by atoms with Crippen LogP contribution < -0.4 is 0 Å². The number of rotatable bonds is 5. The summed E-state index contributed by atoms with van der Waals surface area (Å²) in [5, 5.41) is 0. The second-order valence-corrected chi connectivity index (χ2v) is 5.48. The highest BCUT2D eigenvalue weighted by Crippen LogP contribution is 2.18. The summed E-state index contributed by atoms with van der Waals surface area (Å²) in [4.78, 5) is 2.68. The Kier molecular flexibility index (Phi) is 6.67. The number of nitrogens with zero attached hydrogens (tertiary/aromatic N) is 1. The highest BCUT2D eigenvalue weighted by atomic mass is 35.5. The summed E-state index contributed by atoms with van der Waals surface area (Å²) >= 11 is 5.76. The van der Waals surface area contributed by atoms with Crippen molar-refractivity contribution >= 4 is 11.6 Å². The summed E-state index contributed by atoms with van der Waals surface area (Å²) in [5.74, 6) is 1.61. The lowest BCUT2D eigenvalue weighted by Crippen LogP contribution is -2.34. The molecule has 2 atom stereocenters. The normalized spacial score (nSPS) is 26.2. The molecule has 1 aliphatic rings. The molecule has 1 saturated heterocycles. The van der Waals surface area contributed by atoms with Gasteiger partial charge in [-0.15, -0.1) is 11.6 Å². The Labute approximate surface area is 100 Å². The molecule has 1 aliphatic heterocycles. The van der Waals surface area contributed by atoms with Crippen LogP contribution in [0.2, 0.25) is 0 Å². The highest BCUT2D eigenvalue weighted by molar-refractivity contribution is 6.17. The maximum atomic E-state index is 5.76. The van der Waals surface area contributed by atoms with Crippen molar-refractivity contribution in [1.29, 1.82) is 0 Å². The molecule has 1 rings (SSSR count). The minimum Gasteiger partial charge on any atom is -0.301 e. The van der Waals surface area contributed by atoms with Crippen LogP contribution in [0, 0.1) is 5.92 Å². The van der Waals surface area contributed by atoms with Crippen molar-refractivity contribution in [3.8, 4) is 0 Å². The molecule has 15 heavy (non-hydrogen) atoms. The molecule has 0 aliphatic carbocycles. The van der Waals surface area contributed by atoms with Crippen LogP contribution in [0.1, 0.15) is 52.4 Å². The quantitative estimate of drug-likeness (QED) is 0.649. The Morgan fingerprint density at radius 2 is 2.07 bits per heavy atom. The van der Waals surface area contributed by atoms with Gasteiger partial charge in [-0.1, -0.05) is 19.8 Å². The third-order valence-corrected chi connectivity index (χ3v) is 3.92. The molecule has 0 aromatic rings. The zero-order valence-corrected chi connectivity index (χ0v) is 11.1. The fourth-order valence-electron chi connectivity index (χ4n) is 2.38. The zero-order valence-electron chi connectivity index (χ0n) is 10.3. The summed E-state index contributed by atoms with van der Waals surface area (Å²) < 4.78 is 0. The first kappa shape index (κ1) is 13.3. The Bertz CT molecular complexity index is 161. The van der Waals surface area contributed by atoms with Gasteiger partial charge in [-0.25, -0.2) is 0 Å². The number of halogens is 1. The van der Waals surface area contributed by atoms with E-state index >= 15 is 0 Å². The predicted molar refractivity (Wildman–Crippen MR) is 68.6 cm³/mol.